The van der Waals surface area contributed by atoms with E-state index in [4.69, 9.17) is 4.74 Å². The predicted octanol–water partition coefficient (Wildman–Crippen LogP) is 3.43. The van der Waals surface area contributed by atoms with Crippen molar-refractivity contribution in [2.75, 3.05) is 32.8 Å². The highest BCUT2D eigenvalue weighted by Crippen LogP contribution is 2.20. The molecule has 2 aromatic carbocycles. The lowest BCUT2D eigenvalue weighted by Gasteiger charge is -2.34. The zero-order valence-electron chi connectivity index (χ0n) is 15.6. The van der Waals surface area contributed by atoms with Crippen LogP contribution in [0.25, 0.3) is 0 Å². The van der Waals surface area contributed by atoms with E-state index in [0.717, 1.165) is 21.3 Å². The van der Waals surface area contributed by atoms with Crippen molar-refractivity contribution in [3.05, 3.63) is 63.6 Å². The normalized spacial score (nSPS) is 14.2. The number of halogens is 1. The van der Waals surface area contributed by atoms with E-state index >= 15 is 0 Å². The van der Waals surface area contributed by atoms with Crippen molar-refractivity contribution in [2.24, 2.45) is 0 Å². The summed E-state index contributed by atoms with van der Waals surface area (Å²) >= 11 is 3.39. The van der Waals surface area contributed by atoms with Gasteiger partial charge in [-0.2, -0.15) is 0 Å². The Bertz CT molecular complexity index is 845. The summed E-state index contributed by atoms with van der Waals surface area (Å²) < 4.78 is 6.59. The summed E-state index contributed by atoms with van der Waals surface area (Å²) in [6.07, 6.45) is 0. The fraction of sp³-hybridized carbons (Fsp3) is 0.333. The van der Waals surface area contributed by atoms with Crippen LogP contribution in [0.2, 0.25) is 0 Å². The number of nitrogens with zero attached hydrogens (tertiary/aromatic N) is 2. The lowest BCUT2D eigenvalue weighted by molar-refractivity contribution is -0.134. The first-order chi connectivity index (χ1) is 13.0. The molecule has 0 N–H and O–H groups in total. The van der Waals surface area contributed by atoms with Gasteiger partial charge in [-0.3, -0.25) is 9.59 Å². The molecule has 1 aliphatic heterocycles. The third-order valence-electron chi connectivity index (χ3n) is 4.90. The SMILES string of the molecule is Cc1cccc(OCC(=O)N2CCN(C(=O)c3cccc(Br)c3)CC2)c1C. The summed E-state index contributed by atoms with van der Waals surface area (Å²) in [5.41, 5.74) is 2.84. The molecule has 1 fully saturated rings. The maximum Gasteiger partial charge on any atom is 0.260 e. The molecule has 3 rings (SSSR count). The minimum absolute atomic E-state index is 0.00460. The average Bonchev–Trinajstić information content (AvgIpc) is 2.68. The molecule has 0 bridgehead atoms. The minimum atomic E-state index is -0.0505. The summed E-state index contributed by atoms with van der Waals surface area (Å²) in [4.78, 5) is 28.6. The molecule has 0 aromatic heterocycles. The fourth-order valence-corrected chi connectivity index (χ4v) is 3.47. The standard InChI is InChI=1S/C21H23BrN2O3/c1-15-5-3-8-19(16(15)2)27-14-20(25)23-9-11-24(12-10-23)21(26)17-6-4-7-18(22)13-17/h3-8,13H,9-12,14H2,1-2H3. The zero-order chi connectivity index (χ0) is 19.4. The lowest BCUT2D eigenvalue weighted by Crippen LogP contribution is -2.51. The highest BCUT2D eigenvalue weighted by atomic mass is 79.9. The second kappa shape index (κ2) is 8.57. The molecule has 6 heteroatoms. The second-order valence-corrected chi connectivity index (χ2v) is 7.59. The number of aryl methyl sites for hydroxylation is 1. The molecule has 0 saturated carbocycles. The van der Waals surface area contributed by atoms with Gasteiger partial charge in [-0.05, 0) is 49.2 Å². The minimum Gasteiger partial charge on any atom is -0.483 e. The zero-order valence-corrected chi connectivity index (χ0v) is 17.2. The van der Waals surface area contributed by atoms with Crippen molar-refractivity contribution in [3.8, 4) is 5.75 Å². The van der Waals surface area contributed by atoms with Crippen LogP contribution in [0.3, 0.4) is 0 Å². The van der Waals surface area contributed by atoms with Crippen molar-refractivity contribution >= 4 is 27.7 Å². The van der Waals surface area contributed by atoms with Gasteiger partial charge < -0.3 is 14.5 Å². The van der Waals surface area contributed by atoms with Crippen LogP contribution in [-0.2, 0) is 4.79 Å². The van der Waals surface area contributed by atoms with Gasteiger partial charge in [0, 0.05) is 36.2 Å². The lowest BCUT2D eigenvalue weighted by atomic mass is 10.1. The molecule has 0 spiro atoms. The van der Waals surface area contributed by atoms with Gasteiger partial charge in [-0.1, -0.05) is 34.1 Å². The van der Waals surface area contributed by atoms with E-state index in [0.29, 0.717) is 31.7 Å². The van der Waals surface area contributed by atoms with Crippen LogP contribution < -0.4 is 4.74 Å². The number of ether oxygens (including phenoxy) is 1. The van der Waals surface area contributed by atoms with Crippen molar-refractivity contribution in [3.63, 3.8) is 0 Å². The molecule has 2 amide bonds. The van der Waals surface area contributed by atoms with E-state index < -0.39 is 0 Å². The van der Waals surface area contributed by atoms with Gasteiger partial charge in [0.1, 0.15) is 5.75 Å². The van der Waals surface area contributed by atoms with Crippen LogP contribution in [0.1, 0.15) is 21.5 Å². The Morgan fingerprint density at radius 1 is 1.00 bits per heavy atom. The number of hydrogen-bond acceptors (Lipinski definition) is 3. The summed E-state index contributed by atoms with van der Waals surface area (Å²) in [6.45, 7) is 6.13. The molecule has 1 aliphatic rings. The highest BCUT2D eigenvalue weighted by molar-refractivity contribution is 9.10. The molecule has 1 heterocycles. The largest absolute Gasteiger partial charge is 0.483 e. The maximum absolute atomic E-state index is 12.6. The van der Waals surface area contributed by atoms with E-state index in [9.17, 15) is 9.59 Å². The summed E-state index contributed by atoms with van der Waals surface area (Å²) in [7, 11) is 0. The monoisotopic (exact) mass is 430 g/mol. The Morgan fingerprint density at radius 3 is 2.37 bits per heavy atom. The highest BCUT2D eigenvalue weighted by Gasteiger charge is 2.25. The van der Waals surface area contributed by atoms with Crippen molar-refractivity contribution in [1.82, 2.24) is 9.80 Å². The van der Waals surface area contributed by atoms with Gasteiger partial charge in [0.2, 0.25) is 0 Å². The van der Waals surface area contributed by atoms with E-state index in [-0.39, 0.29) is 18.4 Å². The Labute approximate surface area is 168 Å². The van der Waals surface area contributed by atoms with Crippen LogP contribution in [0.4, 0.5) is 0 Å². The first-order valence-corrected chi connectivity index (χ1v) is 9.76. The molecule has 0 aliphatic carbocycles. The van der Waals surface area contributed by atoms with Gasteiger partial charge in [0.15, 0.2) is 6.61 Å². The summed E-state index contributed by atoms with van der Waals surface area (Å²) in [5.74, 6) is 0.687. The van der Waals surface area contributed by atoms with E-state index in [1.54, 1.807) is 9.80 Å². The van der Waals surface area contributed by atoms with Crippen molar-refractivity contribution in [1.29, 1.82) is 0 Å². The van der Waals surface area contributed by atoms with Gasteiger partial charge in [0.05, 0.1) is 0 Å². The average molecular weight is 431 g/mol. The fourth-order valence-electron chi connectivity index (χ4n) is 3.07. The number of amides is 2. The number of carbonyl (C=O) groups excluding carboxylic acids is 2. The van der Waals surface area contributed by atoms with E-state index in [1.807, 2.05) is 56.3 Å². The number of piperazine rings is 1. The molecule has 27 heavy (non-hydrogen) atoms. The quantitative estimate of drug-likeness (QED) is 0.746. The number of hydrogen-bond donors (Lipinski definition) is 0. The molecule has 5 nitrogen and oxygen atoms in total. The van der Waals surface area contributed by atoms with Crippen LogP contribution >= 0.6 is 15.9 Å². The molecule has 2 aromatic rings. The first-order valence-electron chi connectivity index (χ1n) is 8.97. The summed E-state index contributed by atoms with van der Waals surface area (Å²) in [6, 6.07) is 13.2. The van der Waals surface area contributed by atoms with E-state index in [2.05, 4.69) is 15.9 Å². The third kappa shape index (κ3) is 4.69. The molecule has 142 valence electrons. The predicted molar refractivity (Wildman–Crippen MR) is 108 cm³/mol. The van der Waals surface area contributed by atoms with Crippen LogP contribution in [0.5, 0.6) is 5.75 Å². The Morgan fingerprint density at radius 2 is 1.67 bits per heavy atom. The number of rotatable bonds is 4. The maximum atomic E-state index is 12.6. The molecule has 0 radical (unpaired) electrons. The van der Waals surface area contributed by atoms with Gasteiger partial charge in [-0.15, -0.1) is 0 Å². The second-order valence-electron chi connectivity index (χ2n) is 6.67. The summed E-state index contributed by atoms with van der Waals surface area (Å²) in [5, 5.41) is 0. The van der Waals surface area contributed by atoms with Crippen LogP contribution in [0.15, 0.2) is 46.9 Å². The molecule has 1 saturated heterocycles. The van der Waals surface area contributed by atoms with Crippen molar-refractivity contribution in [2.45, 2.75) is 13.8 Å². The topological polar surface area (TPSA) is 49.9 Å². The Balaban J connectivity index is 1.52. The third-order valence-corrected chi connectivity index (χ3v) is 5.39. The van der Waals surface area contributed by atoms with E-state index in [1.165, 1.54) is 0 Å². The molecular formula is C21H23BrN2O3. The van der Waals surface area contributed by atoms with Gasteiger partial charge in [0.25, 0.3) is 11.8 Å². The number of benzene rings is 2. The molecule has 0 atom stereocenters. The van der Waals surface area contributed by atoms with Crippen molar-refractivity contribution < 1.29 is 14.3 Å². The smallest absolute Gasteiger partial charge is 0.260 e. The van der Waals surface area contributed by atoms with Crippen LogP contribution in [0, 0.1) is 13.8 Å². The Hall–Kier alpha value is -2.34. The molecule has 0 unspecified atom stereocenters. The van der Waals surface area contributed by atoms with Crippen LogP contribution in [-0.4, -0.2) is 54.4 Å². The van der Waals surface area contributed by atoms with Gasteiger partial charge >= 0.3 is 0 Å². The first kappa shape index (κ1) is 19.4. The molecular weight excluding hydrogens is 408 g/mol. The Kier molecular flexibility index (Phi) is 6.16. The van der Waals surface area contributed by atoms with Gasteiger partial charge in [-0.25, -0.2) is 0 Å². The number of carbonyl (C=O) groups is 2.